The predicted molar refractivity (Wildman–Crippen MR) is 129 cm³/mol. The first-order chi connectivity index (χ1) is 16.3. The molecule has 1 fully saturated rings. The fourth-order valence-electron chi connectivity index (χ4n) is 4.62. The van der Waals surface area contributed by atoms with Gasteiger partial charge in [0.2, 0.25) is 5.91 Å². The lowest BCUT2D eigenvalue weighted by molar-refractivity contribution is -0.136. The van der Waals surface area contributed by atoms with Crippen LogP contribution < -0.4 is 9.47 Å². The molecule has 2 aliphatic rings. The average molecular weight is 491 g/mol. The lowest BCUT2D eigenvalue weighted by atomic mass is 10.0. The van der Waals surface area contributed by atoms with E-state index in [0.717, 1.165) is 30.5 Å². The van der Waals surface area contributed by atoms with Crippen LogP contribution in [0.25, 0.3) is 0 Å². The number of carbonyl (C=O) groups is 1. The van der Waals surface area contributed by atoms with E-state index in [1.54, 1.807) is 6.07 Å². The minimum Gasteiger partial charge on any atom is -0.505 e. The lowest BCUT2D eigenvalue weighted by Crippen LogP contribution is -2.39. The Morgan fingerprint density at radius 3 is 2.79 bits per heavy atom. The molecule has 0 saturated carbocycles. The predicted octanol–water partition coefficient (Wildman–Crippen LogP) is 4.85. The van der Waals surface area contributed by atoms with Crippen LogP contribution in [0.3, 0.4) is 0 Å². The minimum absolute atomic E-state index is 0.108. The van der Waals surface area contributed by atoms with Crippen LogP contribution in [-0.2, 0) is 17.9 Å². The maximum absolute atomic E-state index is 13.5. The summed E-state index contributed by atoms with van der Waals surface area (Å²) >= 11 is 6.48. The fourth-order valence-corrected chi connectivity index (χ4v) is 4.91. The van der Waals surface area contributed by atoms with Gasteiger partial charge in [-0.25, -0.2) is 4.39 Å². The summed E-state index contributed by atoms with van der Waals surface area (Å²) < 4.78 is 24.9. The number of phenols is 1. The fraction of sp³-hybridized carbons (Fsp3) is 0.500. The van der Waals surface area contributed by atoms with Gasteiger partial charge in [0.15, 0.2) is 23.1 Å². The van der Waals surface area contributed by atoms with E-state index in [2.05, 4.69) is 18.7 Å². The molecular weight excluding hydrogens is 459 g/mol. The van der Waals surface area contributed by atoms with Crippen molar-refractivity contribution in [2.75, 3.05) is 32.8 Å². The molecule has 2 aromatic rings. The van der Waals surface area contributed by atoms with Gasteiger partial charge in [-0.1, -0.05) is 31.5 Å². The number of hydrogen-bond acceptors (Lipinski definition) is 5. The highest BCUT2D eigenvalue weighted by molar-refractivity contribution is 6.32. The van der Waals surface area contributed by atoms with E-state index in [9.17, 15) is 14.3 Å². The van der Waals surface area contributed by atoms with Crippen LogP contribution in [0, 0.1) is 17.7 Å². The summed E-state index contributed by atoms with van der Waals surface area (Å²) in [6.45, 7) is 8.42. The molecule has 184 valence electrons. The van der Waals surface area contributed by atoms with E-state index in [0.29, 0.717) is 61.8 Å². The second kappa shape index (κ2) is 10.8. The van der Waals surface area contributed by atoms with Gasteiger partial charge in [0.1, 0.15) is 0 Å². The average Bonchev–Trinajstić information content (AvgIpc) is 3.11. The molecule has 2 aromatic carbocycles. The third kappa shape index (κ3) is 5.94. The summed E-state index contributed by atoms with van der Waals surface area (Å²) in [6, 6.07) is 8.17. The molecule has 0 aromatic heterocycles. The Morgan fingerprint density at radius 2 is 2.03 bits per heavy atom. The normalized spacial score (nSPS) is 18.2. The Bertz CT molecular complexity index is 1030. The number of rotatable bonds is 7. The van der Waals surface area contributed by atoms with Crippen molar-refractivity contribution in [1.82, 2.24) is 9.80 Å². The number of hydrogen-bond donors (Lipinski definition) is 1. The Balaban J connectivity index is 1.44. The van der Waals surface area contributed by atoms with Crippen LogP contribution in [0.2, 0.25) is 5.02 Å². The summed E-state index contributed by atoms with van der Waals surface area (Å²) in [5.41, 5.74) is 1.74. The van der Waals surface area contributed by atoms with Gasteiger partial charge in [-0.05, 0) is 54.3 Å². The Kier molecular flexibility index (Phi) is 7.84. The number of nitrogens with zero attached hydrogens (tertiary/aromatic N) is 2. The van der Waals surface area contributed by atoms with E-state index < -0.39 is 5.82 Å². The minimum atomic E-state index is -0.627. The second-order valence-electron chi connectivity index (χ2n) is 9.57. The van der Waals surface area contributed by atoms with Gasteiger partial charge in [-0.2, -0.15) is 0 Å². The van der Waals surface area contributed by atoms with E-state index in [1.807, 2.05) is 17.0 Å². The molecule has 34 heavy (non-hydrogen) atoms. The van der Waals surface area contributed by atoms with Gasteiger partial charge in [0, 0.05) is 32.6 Å². The van der Waals surface area contributed by atoms with Crippen LogP contribution in [-0.4, -0.2) is 53.7 Å². The number of fused-ring (bicyclic) bond motifs is 1. The second-order valence-corrected chi connectivity index (χ2v) is 9.98. The Morgan fingerprint density at radius 1 is 1.24 bits per heavy atom. The van der Waals surface area contributed by atoms with Gasteiger partial charge < -0.3 is 19.5 Å². The lowest BCUT2D eigenvalue weighted by Gasteiger charge is -2.28. The van der Waals surface area contributed by atoms with Crippen LogP contribution in [0.15, 0.2) is 30.3 Å². The van der Waals surface area contributed by atoms with Crippen molar-refractivity contribution >= 4 is 17.5 Å². The van der Waals surface area contributed by atoms with E-state index in [4.69, 9.17) is 21.1 Å². The maximum atomic E-state index is 13.5. The van der Waals surface area contributed by atoms with Gasteiger partial charge in [-0.3, -0.25) is 9.69 Å². The zero-order chi connectivity index (χ0) is 24.2. The molecular formula is C26H32ClFN2O4. The molecule has 6 nitrogen and oxygen atoms in total. The number of carbonyl (C=O) groups excluding carboxylic acids is 1. The maximum Gasteiger partial charge on any atom is 0.227 e. The number of benzene rings is 2. The number of aromatic hydroxyl groups is 1. The number of phenolic OH excluding ortho intramolecular Hbond substituents is 1. The van der Waals surface area contributed by atoms with Crippen LogP contribution in [0.4, 0.5) is 4.39 Å². The number of amides is 1. The Hall–Kier alpha value is -2.51. The first-order valence-electron chi connectivity index (χ1n) is 11.9. The van der Waals surface area contributed by atoms with Gasteiger partial charge in [0.05, 0.1) is 24.2 Å². The van der Waals surface area contributed by atoms with Crippen molar-refractivity contribution in [2.24, 2.45) is 11.8 Å². The summed E-state index contributed by atoms with van der Waals surface area (Å²) in [5.74, 6) is 0.567. The van der Waals surface area contributed by atoms with Crippen molar-refractivity contribution in [3.8, 4) is 17.2 Å². The summed E-state index contributed by atoms with van der Waals surface area (Å²) in [7, 11) is 0. The number of halogens is 2. The quantitative estimate of drug-likeness (QED) is 0.601. The van der Waals surface area contributed by atoms with E-state index in [-0.39, 0.29) is 17.6 Å². The highest BCUT2D eigenvalue weighted by Crippen LogP contribution is 2.38. The van der Waals surface area contributed by atoms with Crippen molar-refractivity contribution < 1.29 is 23.8 Å². The van der Waals surface area contributed by atoms with Gasteiger partial charge in [-0.15, -0.1) is 0 Å². The first kappa shape index (κ1) is 24.6. The molecule has 1 amide bonds. The molecule has 2 heterocycles. The van der Waals surface area contributed by atoms with Crippen LogP contribution >= 0.6 is 11.6 Å². The van der Waals surface area contributed by atoms with Crippen LogP contribution in [0.1, 0.15) is 37.8 Å². The van der Waals surface area contributed by atoms with Crippen molar-refractivity contribution in [3.05, 3.63) is 52.3 Å². The molecule has 1 saturated heterocycles. The standard InChI is InChI=1S/C26H32ClFN2O4/c1-17(2)13-30(15-19-10-21(27)25-24(12-19)33-8-3-9-34-25)26(32)20-6-7-29(16-20)14-18-4-5-22(28)23(31)11-18/h4-5,10-12,17,20,31H,3,6-9,13-16H2,1-2H3/t20-/m1/s1. The van der Waals surface area contributed by atoms with E-state index in [1.165, 1.54) is 12.1 Å². The molecule has 0 aliphatic carbocycles. The molecule has 0 spiro atoms. The van der Waals surface area contributed by atoms with E-state index >= 15 is 0 Å². The molecule has 8 heteroatoms. The zero-order valence-electron chi connectivity index (χ0n) is 19.7. The molecule has 0 unspecified atom stereocenters. The highest BCUT2D eigenvalue weighted by atomic mass is 35.5. The SMILES string of the molecule is CC(C)CN(Cc1cc(Cl)c2c(c1)OCCCO2)C(=O)[C@@H]1CCN(Cc2ccc(F)c(O)c2)C1. The summed E-state index contributed by atoms with van der Waals surface area (Å²) in [5, 5.41) is 10.1. The number of ether oxygens (including phenoxy) is 2. The summed E-state index contributed by atoms with van der Waals surface area (Å²) in [4.78, 5) is 17.6. The molecule has 4 rings (SSSR count). The summed E-state index contributed by atoms with van der Waals surface area (Å²) in [6.07, 6.45) is 1.57. The first-order valence-corrected chi connectivity index (χ1v) is 12.2. The van der Waals surface area contributed by atoms with Crippen LogP contribution in [0.5, 0.6) is 17.2 Å². The molecule has 0 radical (unpaired) electrons. The topological polar surface area (TPSA) is 62.2 Å². The third-order valence-corrected chi connectivity index (χ3v) is 6.45. The molecule has 1 N–H and O–H groups in total. The molecule has 1 atom stereocenters. The van der Waals surface area contributed by atoms with Crippen molar-refractivity contribution in [2.45, 2.75) is 39.8 Å². The van der Waals surface area contributed by atoms with Gasteiger partial charge in [0.25, 0.3) is 0 Å². The van der Waals surface area contributed by atoms with Crippen molar-refractivity contribution in [3.63, 3.8) is 0 Å². The third-order valence-electron chi connectivity index (χ3n) is 6.17. The molecule has 0 bridgehead atoms. The monoisotopic (exact) mass is 490 g/mol. The number of likely N-dealkylation sites (tertiary alicyclic amines) is 1. The van der Waals surface area contributed by atoms with Gasteiger partial charge >= 0.3 is 0 Å². The highest BCUT2D eigenvalue weighted by Gasteiger charge is 2.32. The van der Waals surface area contributed by atoms with Crippen molar-refractivity contribution in [1.29, 1.82) is 0 Å². The largest absolute Gasteiger partial charge is 0.505 e. The smallest absolute Gasteiger partial charge is 0.227 e. The molecule has 2 aliphatic heterocycles. The zero-order valence-corrected chi connectivity index (χ0v) is 20.5. The Labute approximate surface area is 205 Å².